The number of ether oxygens (including phenoxy) is 1. The molecule has 7 nitrogen and oxygen atoms in total. The first-order valence-corrected chi connectivity index (χ1v) is 10.1. The summed E-state index contributed by atoms with van der Waals surface area (Å²) in [6.07, 6.45) is 5.40. The number of carbonyl (C=O) groups excluding carboxylic acids is 1. The van der Waals surface area contributed by atoms with E-state index in [1.54, 1.807) is 43.6 Å². The van der Waals surface area contributed by atoms with Gasteiger partial charge in [-0.15, -0.1) is 0 Å². The van der Waals surface area contributed by atoms with Crippen molar-refractivity contribution < 1.29 is 13.9 Å². The molecule has 1 aromatic heterocycles. The molecule has 1 saturated heterocycles. The van der Waals surface area contributed by atoms with E-state index in [4.69, 9.17) is 4.74 Å². The monoisotopic (exact) mass is 433 g/mol. The lowest BCUT2D eigenvalue weighted by molar-refractivity contribution is -0.123. The molecule has 1 atom stereocenters. The third-order valence-corrected chi connectivity index (χ3v) is 5.38. The maximum Gasteiger partial charge on any atom is 0.277 e. The highest BCUT2D eigenvalue weighted by Crippen LogP contribution is 2.29. The minimum atomic E-state index is -0.319. The number of imidazole rings is 1. The van der Waals surface area contributed by atoms with Gasteiger partial charge < -0.3 is 14.6 Å². The van der Waals surface area contributed by atoms with Gasteiger partial charge in [-0.3, -0.25) is 14.7 Å². The van der Waals surface area contributed by atoms with Gasteiger partial charge in [0.05, 0.1) is 30.9 Å². The molecular weight excluding hydrogens is 409 g/mol. The predicted octanol–water partition coefficient (Wildman–Crippen LogP) is 3.85. The Hall–Kier alpha value is -3.94. The normalized spacial score (nSPS) is 17.2. The van der Waals surface area contributed by atoms with Gasteiger partial charge in [0.2, 0.25) is 5.96 Å². The van der Waals surface area contributed by atoms with Crippen molar-refractivity contribution in [2.75, 3.05) is 14.2 Å². The Balaban J connectivity index is 1.64. The standard InChI is InChI=1S/C24H24FN5O2/c1-15-13-29(14-27-15)21-10-5-17(12-22(21)32-4)11-20-23(31)30(24(26-3)28-20)16(2)18-6-8-19(25)9-7-18/h5-14,16H,1-4H3,(H,26,28)/t16-/m0/s1. The van der Waals surface area contributed by atoms with Gasteiger partial charge in [0.1, 0.15) is 17.3 Å². The summed E-state index contributed by atoms with van der Waals surface area (Å²) in [5, 5.41) is 3.10. The molecule has 1 fully saturated rings. The number of aliphatic imine (C=N–C) groups is 1. The number of nitrogens with zero attached hydrogens (tertiary/aromatic N) is 4. The summed E-state index contributed by atoms with van der Waals surface area (Å²) in [7, 11) is 3.22. The van der Waals surface area contributed by atoms with Crippen LogP contribution in [0.1, 0.15) is 29.8 Å². The summed E-state index contributed by atoms with van der Waals surface area (Å²) in [6.45, 7) is 3.80. The number of rotatable bonds is 5. The molecule has 0 bridgehead atoms. The van der Waals surface area contributed by atoms with Crippen molar-refractivity contribution in [2.45, 2.75) is 19.9 Å². The van der Waals surface area contributed by atoms with Crippen LogP contribution < -0.4 is 10.1 Å². The molecule has 2 heterocycles. The van der Waals surface area contributed by atoms with Crippen LogP contribution >= 0.6 is 0 Å². The Morgan fingerprint density at radius 1 is 1.22 bits per heavy atom. The molecule has 164 valence electrons. The Labute approximate surface area is 185 Å². The van der Waals surface area contributed by atoms with E-state index in [2.05, 4.69) is 15.3 Å². The Morgan fingerprint density at radius 3 is 2.59 bits per heavy atom. The Bertz CT molecular complexity index is 1210. The minimum Gasteiger partial charge on any atom is -0.495 e. The number of nitrogens with one attached hydrogen (secondary N) is 1. The van der Waals surface area contributed by atoms with Crippen LogP contribution in [0, 0.1) is 12.7 Å². The van der Waals surface area contributed by atoms with E-state index in [0.717, 1.165) is 22.5 Å². The van der Waals surface area contributed by atoms with Gasteiger partial charge in [-0.25, -0.2) is 9.37 Å². The first kappa shape index (κ1) is 21.3. The van der Waals surface area contributed by atoms with Gasteiger partial charge in [0.15, 0.2) is 0 Å². The van der Waals surface area contributed by atoms with Crippen LogP contribution in [-0.2, 0) is 4.79 Å². The van der Waals surface area contributed by atoms with Crippen LogP contribution in [0.3, 0.4) is 0 Å². The largest absolute Gasteiger partial charge is 0.495 e. The Morgan fingerprint density at radius 2 is 1.97 bits per heavy atom. The first-order chi connectivity index (χ1) is 15.4. The van der Waals surface area contributed by atoms with Crippen LogP contribution in [0.15, 0.2) is 65.7 Å². The second kappa shape index (κ2) is 8.66. The number of halogens is 1. The molecule has 1 amide bonds. The third-order valence-electron chi connectivity index (χ3n) is 5.38. The zero-order valence-electron chi connectivity index (χ0n) is 18.3. The summed E-state index contributed by atoms with van der Waals surface area (Å²) >= 11 is 0. The summed E-state index contributed by atoms with van der Waals surface area (Å²) in [4.78, 5) is 23.3. The summed E-state index contributed by atoms with van der Waals surface area (Å²) in [5.41, 5.74) is 3.76. The van der Waals surface area contributed by atoms with E-state index in [1.807, 2.05) is 42.8 Å². The van der Waals surface area contributed by atoms with E-state index >= 15 is 0 Å². The highest BCUT2D eigenvalue weighted by atomic mass is 19.1. The number of methoxy groups -OCH3 is 1. The van der Waals surface area contributed by atoms with Crippen LogP contribution in [0.5, 0.6) is 5.75 Å². The summed E-state index contributed by atoms with van der Waals surface area (Å²) in [5.74, 6) is 0.564. The maximum atomic E-state index is 13.3. The van der Waals surface area contributed by atoms with Crippen molar-refractivity contribution in [1.82, 2.24) is 19.8 Å². The van der Waals surface area contributed by atoms with Crippen LogP contribution in [-0.4, -0.2) is 40.5 Å². The fourth-order valence-corrected chi connectivity index (χ4v) is 3.69. The lowest BCUT2D eigenvalue weighted by Crippen LogP contribution is -2.34. The number of guanidine groups is 1. The molecule has 1 aliphatic rings. The molecule has 0 unspecified atom stereocenters. The third kappa shape index (κ3) is 3.99. The van der Waals surface area contributed by atoms with Crippen LogP contribution in [0.4, 0.5) is 4.39 Å². The number of amides is 1. The predicted molar refractivity (Wildman–Crippen MR) is 121 cm³/mol. The molecule has 0 aliphatic carbocycles. The minimum absolute atomic E-state index is 0.212. The van der Waals surface area contributed by atoms with Gasteiger partial charge in [-0.05, 0) is 55.3 Å². The molecule has 4 rings (SSSR count). The van der Waals surface area contributed by atoms with E-state index in [-0.39, 0.29) is 17.8 Å². The smallest absolute Gasteiger partial charge is 0.277 e. The first-order valence-electron chi connectivity index (χ1n) is 10.1. The van der Waals surface area contributed by atoms with Gasteiger partial charge >= 0.3 is 0 Å². The molecule has 8 heteroatoms. The number of aromatic nitrogens is 2. The Kier molecular flexibility index (Phi) is 5.77. The van der Waals surface area contributed by atoms with Crippen molar-refractivity contribution in [1.29, 1.82) is 0 Å². The van der Waals surface area contributed by atoms with Crippen molar-refractivity contribution in [3.05, 3.63) is 83.3 Å². The van der Waals surface area contributed by atoms with Crippen LogP contribution in [0.25, 0.3) is 11.8 Å². The van der Waals surface area contributed by atoms with E-state index in [0.29, 0.717) is 17.4 Å². The molecule has 0 radical (unpaired) electrons. The maximum absolute atomic E-state index is 13.3. The molecule has 32 heavy (non-hydrogen) atoms. The molecular formula is C24H24FN5O2. The second-order valence-electron chi connectivity index (χ2n) is 7.49. The quantitative estimate of drug-likeness (QED) is 0.621. The van der Waals surface area contributed by atoms with Crippen LogP contribution in [0.2, 0.25) is 0 Å². The average molecular weight is 433 g/mol. The van der Waals surface area contributed by atoms with Gasteiger partial charge in [-0.2, -0.15) is 0 Å². The topological polar surface area (TPSA) is 71.7 Å². The summed E-state index contributed by atoms with van der Waals surface area (Å²) in [6, 6.07) is 11.5. The van der Waals surface area contributed by atoms with Crippen molar-refractivity contribution in [2.24, 2.45) is 4.99 Å². The molecule has 1 aliphatic heterocycles. The van der Waals surface area contributed by atoms with E-state index in [9.17, 15) is 9.18 Å². The average Bonchev–Trinajstić information content (AvgIpc) is 3.36. The number of benzene rings is 2. The second-order valence-corrected chi connectivity index (χ2v) is 7.49. The summed E-state index contributed by atoms with van der Waals surface area (Å²) < 4.78 is 20.8. The molecule has 0 spiro atoms. The number of hydrogen-bond donors (Lipinski definition) is 1. The highest BCUT2D eigenvalue weighted by Gasteiger charge is 2.35. The fraction of sp³-hybridized carbons (Fsp3) is 0.208. The SMILES string of the molecule is CN=C1NC(=Cc2ccc(-n3cnc(C)c3)c(OC)c2)C(=O)N1[C@@H](C)c1ccc(F)cc1. The zero-order valence-corrected chi connectivity index (χ0v) is 18.3. The van der Waals surface area contributed by atoms with Crippen molar-refractivity contribution >= 4 is 17.9 Å². The van der Waals surface area contributed by atoms with Crippen molar-refractivity contribution in [3.63, 3.8) is 0 Å². The van der Waals surface area contributed by atoms with E-state index in [1.165, 1.54) is 12.1 Å². The van der Waals surface area contributed by atoms with E-state index < -0.39 is 0 Å². The molecule has 2 aromatic carbocycles. The van der Waals surface area contributed by atoms with Gasteiger partial charge in [0, 0.05) is 13.2 Å². The molecule has 0 saturated carbocycles. The van der Waals surface area contributed by atoms with Gasteiger partial charge in [-0.1, -0.05) is 18.2 Å². The number of aryl methyl sites for hydroxylation is 1. The molecule has 1 N–H and O–H groups in total. The van der Waals surface area contributed by atoms with Gasteiger partial charge in [0.25, 0.3) is 5.91 Å². The zero-order chi connectivity index (χ0) is 22.8. The lowest BCUT2D eigenvalue weighted by Gasteiger charge is -2.23. The molecule has 3 aromatic rings. The number of carbonyl (C=O) groups is 1. The highest BCUT2D eigenvalue weighted by molar-refractivity contribution is 6.15. The fourth-order valence-electron chi connectivity index (χ4n) is 3.69. The number of hydrogen-bond acceptors (Lipinski definition) is 4. The van der Waals surface area contributed by atoms with Crippen molar-refractivity contribution in [3.8, 4) is 11.4 Å². The lowest BCUT2D eigenvalue weighted by atomic mass is 10.1.